The van der Waals surface area contributed by atoms with Crippen molar-refractivity contribution >= 4 is 52.4 Å². The van der Waals surface area contributed by atoms with Gasteiger partial charge in [-0.1, -0.05) is 18.7 Å². The lowest BCUT2D eigenvalue weighted by atomic mass is 10.1. The molecule has 5 rings (SSSR count). The molecule has 1 aromatic heterocycles. The highest BCUT2D eigenvalue weighted by Crippen LogP contribution is 2.34. The van der Waals surface area contributed by atoms with Crippen LogP contribution in [0.1, 0.15) is 27.0 Å². The molecule has 45 heavy (non-hydrogen) atoms. The Morgan fingerprint density at radius 3 is 2.40 bits per heavy atom. The molecule has 0 fully saturated rings. The highest BCUT2D eigenvalue weighted by molar-refractivity contribution is 6.07. The van der Waals surface area contributed by atoms with Gasteiger partial charge in [-0.2, -0.15) is 4.98 Å². The van der Waals surface area contributed by atoms with E-state index in [1.54, 1.807) is 54.5 Å². The molecule has 0 saturated carbocycles. The number of carbonyl (C=O) groups is 3. The normalized spacial score (nSPS) is 12.2. The second-order valence-corrected chi connectivity index (χ2v) is 10.3. The Morgan fingerprint density at radius 2 is 1.67 bits per heavy atom. The molecule has 0 aliphatic carbocycles. The number of benzene rings is 3. The van der Waals surface area contributed by atoms with Crippen LogP contribution in [0.5, 0.6) is 11.5 Å². The summed E-state index contributed by atoms with van der Waals surface area (Å²) in [7, 11) is 4.68. The minimum absolute atomic E-state index is 0.231. The van der Waals surface area contributed by atoms with Crippen molar-refractivity contribution in [3.63, 3.8) is 0 Å². The zero-order valence-electron chi connectivity index (χ0n) is 25.6. The summed E-state index contributed by atoms with van der Waals surface area (Å²) in [5.41, 5.74) is 5.31. The molecule has 230 valence electrons. The number of anilines is 6. The molecule has 3 aromatic carbocycles. The van der Waals surface area contributed by atoms with E-state index in [1.165, 1.54) is 25.2 Å². The van der Waals surface area contributed by atoms with Crippen molar-refractivity contribution in [2.45, 2.75) is 20.4 Å². The second-order valence-electron chi connectivity index (χ2n) is 10.3. The maximum absolute atomic E-state index is 13.6. The van der Waals surface area contributed by atoms with Crippen LogP contribution < -0.4 is 35.2 Å². The van der Waals surface area contributed by atoms with Gasteiger partial charge in [-0.3, -0.25) is 19.4 Å². The van der Waals surface area contributed by atoms with Gasteiger partial charge >= 0.3 is 6.03 Å². The fourth-order valence-electron chi connectivity index (χ4n) is 4.86. The number of aryl methyl sites for hydroxylation is 2. The van der Waals surface area contributed by atoms with E-state index in [1.807, 2.05) is 32.0 Å². The van der Waals surface area contributed by atoms with Crippen LogP contribution in [0, 0.1) is 13.8 Å². The van der Waals surface area contributed by atoms with Crippen molar-refractivity contribution in [2.75, 3.05) is 47.0 Å². The number of hydrogen-bond donors (Lipinski definition) is 3. The quantitative estimate of drug-likeness (QED) is 0.203. The van der Waals surface area contributed by atoms with Crippen LogP contribution in [-0.2, 0) is 11.3 Å². The lowest BCUT2D eigenvalue weighted by Gasteiger charge is -2.35. The third kappa shape index (κ3) is 6.39. The van der Waals surface area contributed by atoms with Crippen molar-refractivity contribution in [1.29, 1.82) is 0 Å². The number of aromatic nitrogens is 2. The first-order valence-corrected chi connectivity index (χ1v) is 14.0. The van der Waals surface area contributed by atoms with Gasteiger partial charge in [0.05, 0.1) is 26.5 Å². The molecule has 0 radical (unpaired) electrons. The minimum atomic E-state index is -0.338. The van der Waals surface area contributed by atoms with Crippen LogP contribution in [0.2, 0.25) is 0 Å². The highest BCUT2D eigenvalue weighted by atomic mass is 16.5. The molecule has 0 unspecified atom stereocenters. The lowest BCUT2D eigenvalue weighted by molar-refractivity contribution is -0.111. The second kappa shape index (κ2) is 12.8. The Bertz CT molecular complexity index is 1820. The van der Waals surface area contributed by atoms with E-state index in [4.69, 9.17) is 9.47 Å². The molecule has 1 aliphatic heterocycles. The average Bonchev–Trinajstić information content (AvgIpc) is 3.05. The zero-order chi connectivity index (χ0) is 32.2. The lowest BCUT2D eigenvalue weighted by Crippen LogP contribution is -2.46. The van der Waals surface area contributed by atoms with Crippen LogP contribution >= 0.6 is 0 Å². The molecule has 12 nitrogen and oxygen atoms in total. The molecule has 1 aliphatic rings. The van der Waals surface area contributed by atoms with Gasteiger partial charge in [-0.05, 0) is 73.5 Å². The summed E-state index contributed by atoms with van der Waals surface area (Å²) in [5.74, 6) is 1.07. The molecule has 4 aromatic rings. The van der Waals surface area contributed by atoms with Crippen molar-refractivity contribution in [2.24, 2.45) is 0 Å². The van der Waals surface area contributed by atoms with Gasteiger partial charge in [0, 0.05) is 41.4 Å². The third-order valence-corrected chi connectivity index (χ3v) is 7.35. The van der Waals surface area contributed by atoms with Gasteiger partial charge in [0.1, 0.15) is 5.82 Å². The van der Waals surface area contributed by atoms with Gasteiger partial charge in [-0.25, -0.2) is 9.78 Å². The monoisotopic (exact) mass is 607 g/mol. The molecule has 2 heterocycles. The fraction of sp³-hybridized carbons (Fsp3) is 0.182. The Kier molecular flexibility index (Phi) is 8.66. The molecule has 0 saturated heterocycles. The van der Waals surface area contributed by atoms with E-state index in [0.717, 1.165) is 16.7 Å². The topological polar surface area (TPSA) is 138 Å². The molecule has 0 spiro atoms. The Labute approximate surface area is 260 Å². The predicted molar refractivity (Wildman–Crippen MR) is 174 cm³/mol. The van der Waals surface area contributed by atoms with E-state index in [9.17, 15) is 14.4 Å². The molecule has 0 bridgehead atoms. The summed E-state index contributed by atoms with van der Waals surface area (Å²) < 4.78 is 10.6. The van der Waals surface area contributed by atoms with E-state index < -0.39 is 0 Å². The summed E-state index contributed by atoms with van der Waals surface area (Å²) in [4.78, 5) is 50.6. The molecule has 3 N–H and O–H groups in total. The maximum Gasteiger partial charge on any atom is 0.330 e. The fourth-order valence-corrected chi connectivity index (χ4v) is 4.86. The molecule has 4 amide bonds. The van der Waals surface area contributed by atoms with Gasteiger partial charge in [0.25, 0.3) is 5.91 Å². The number of nitrogens with zero attached hydrogens (tertiary/aromatic N) is 4. The summed E-state index contributed by atoms with van der Waals surface area (Å²) in [6.45, 7) is 7.50. The number of nitrogens with one attached hydrogen (secondary N) is 3. The van der Waals surface area contributed by atoms with Gasteiger partial charge in [0.2, 0.25) is 11.9 Å². The first kappa shape index (κ1) is 30.5. The number of carbonyl (C=O) groups excluding carboxylic acids is 3. The van der Waals surface area contributed by atoms with Crippen LogP contribution in [0.15, 0.2) is 73.4 Å². The van der Waals surface area contributed by atoms with Crippen molar-refractivity contribution in [1.82, 2.24) is 9.97 Å². The Morgan fingerprint density at radius 1 is 0.933 bits per heavy atom. The van der Waals surface area contributed by atoms with Gasteiger partial charge in [0.15, 0.2) is 11.5 Å². The highest BCUT2D eigenvalue weighted by Gasteiger charge is 2.31. The SMILES string of the molecule is C=CC(=O)Nc1cc(Nc2ncc3c(n2)N(C)C(=O)N(c2cc(NC(=O)c4ccc(OC)c(OC)c4)ccc2C)C3)ccc1C. The number of urea groups is 1. The van der Waals surface area contributed by atoms with E-state index in [0.29, 0.717) is 51.6 Å². The van der Waals surface area contributed by atoms with Crippen molar-refractivity contribution < 1.29 is 23.9 Å². The van der Waals surface area contributed by atoms with Crippen LogP contribution in [0.4, 0.5) is 39.3 Å². The molecular formula is C33H33N7O5. The van der Waals surface area contributed by atoms with Crippen molar-refractivity contribution in [3.8, 4) is 11.5 Å². The average molecular weight is 608 g/mol. The molecule has 0 atom stereocenters. The number of fused-ring (bicyclic) bond motifs is 1. The minimum Gasteiger partial charge on any atom is -0.493 e. The van der Waals surface area contributed by atoms with Crippen molar-refractivity contribution in [3.05, 3.63) is 95.7 Å². The largest absolute Gasteiger partial charge is 0.493 e. The van der Waals surface area contributed by atoms with E-state index in [-0.39, 0.29) is 24.4 Å². The summed E-state index contributed by atoms with van der Waals surface area (Å²) in [6.07, 6.45) is 2.88. The van der Waals surface area contributed by atoms with E-state index >= 15 is 0 Å². The summed E-state index contributed by atoms with van der Waals surface area (Å²) in [5, 5.41) is 8.83. The smallest absolute Gasteiger partial charge is 0.330 e. The predicted octanol–water partition coefficient (Wildman–Crippen LogP) is 5.81. The van der Waals surface area contributed by atoms with Crippen LogP contribution in [0.25, 0.3) is 0 Å². The molecule has 12 heteroatoms. The first-order valence-electron chi connectivity index (χ1n) is 14.0. The van der Waals surface area contributed by atoms with Gasteiger partial charge in [-0.15, -0.1) is 0 Å². The molecular weight excluding hydrogens is 574 g/mol. The first-order chi connectivity index (χ1) is 21.6. The van der Waals surface area contributed by atoms with Gasteiger partial charge < -0.3 is 25.4 Å². The number of amides is 4. The summed E-state index contributed by atoms with van der Waals surface area (Å²) >= 11 is 0. The number of hydrogen-bond acceptors (Lipinski definition) is 8. The Balaban J connectivity index is 1.36. The van der Waals surface area contributed by atoms with E-state index in [2.05, 4.69) is 32.5 Å². The number of ether oxygens (including phenoxy) is 2. The number of methoxy groups -OCH3 is 2. The maximum atomic E-state index is 13.6. The van der Waals surface area contributed by atoms with Crippen LogP contribution in [0.3, 0.4) is 0 Å². The standard InChI is InChI=1S/C33H33N7O5/c1-7-29(41)37-25-15-23(11-8-19(25)2)36-32-34-17-22-18-40(33(43)39(4)30(22)38-32)26-16-24(12-9-20(26)3)35-31(42)21-10-13-27(44-5)28(14-21)45-6/h7-17H,1,18H2,2-6H3,(H,35,42)(H,37,41)(H,34,36,38). The van der Waals surface area contributed by atoms with Crippen LogP contribution in [-0.4, -0.2) is 49.1 Å². The summed E-state index contributed by atoms with van der Waals surface area (Å²) in [6, 6.07) is 15.5. The Hall–Kier alpha value is -5.91. The third-order valence-electron chi connectivity index (χ3n) is 7.35. The number of rotatable bonds is 9. The zero-order valence-corrected chi connectivity index (χ0v) is 25.6.